The quantitative estimate of drug-likeness (QED) is 0.712. The van der Waals surface area contributed by atoms with Gasteiger partial charge in [-0.1, -0.05) is 40.9 Å². The summed E-state index contributed by atoms with van der Waals surface area (Å²) < 4.78 is 13.7. The summed E-state index contributed by atoms with van der Waals surface area (Å²) in [4.78, 5) is 12.2. The summed E-state index contributed by atoms with van der Waals surface area (Å²) >= 11 is 17.4. The van der Waals surface area contributed by atoms with Gasteiger partial charge in [-0.3, -0.25) is 4.79 Å². The van der Waals surface area contributed by atoms with Crippen LogP contribution in [0.25, 0.3) is 0 Å². The van der Waals surface area contributed by atoms with E-state index in [0.717, 1.165) is 6.07 Å². The molecule has 0 fully saturated rings. The van der Waals surface area contributed by atoms with Gasteiger partial charge in [0.25, 0.3) is 0 Å². The molecule has 0 heterocycles. The van der Waals surface area contributed by atoms with E-state index in [1.165, 1.54) is 24.3 Å². The molecule has 2 aromatic rings. The van der Waals surface area contributed by atoms with E-state index in [2.05, 4.69) is 0 Å². The monoisotopic (exact) mass is 302 g/mol. The zero-order valence-corrected chi connectivity index (χ0v) is 11.2. The maximum absolute atomic E-state index is 13.7. The van der Waals surface area contributed by atoms with Crippen LogP contribution in [0, 0.1) is 5.82 Å². The van der Waals surface area contributed by atoms with Crippen LogP contribution in [-0.2, 0) is 0 Å². The van der Waals surface area contributed by atoms with Gasteiger partial charge < -0.3 is 0 Å². The largest absolute Gasteiger partial charge is 0.288 e. The molecule has 0 atom stereocenters. The first kappa shape index (κ1) is 13.3. The first-order chi connectivity index (χ1) is 8.50. The van der Waals surface area contributed by atoms with Crippen LogP contribution < -0.4 is 0 Å². The van der Waals surface area contributed by atoms with Crippen LogP contribution >= 0.6 is 34.8 Å². The van der Waals surface area contributed by atoms with E-state index in [-0.39, 0.29) is 26.2 Å². The van der Waals surface area contributed by atoms with Crippen LogP contribution in [0.15, 0.2) is 36.4 Å². The van der Waals surface area contributed by atoms with Crippen LogP contribution in [0.5, 0.6) is 0 Å². The van der Waals surface area contributed by atoms with Gasteiger partial charge in [0.15, 0.2) is 5.78 Å². The highest BCUT2D eigenvalue weighted by molar-refractivity contribution is 6.41. The Labute approximate surface area is 118 Å². The van der Waals surface area contributed by atoms with Gasteiger partial charge in [-0.15, -0.1) is 0 Å². The molecular weight excluding hydrogens is 297 g/mol. The summed E-state index contributed by atoms with van der Waals surface area (Å²) in [5, 5.41) is 0.581. The van der Waals surface area contributed by atoms with Crippen LogP contribution in [0.4, 0.5) is 4.39 Å². The van der Waals surface area contributed by atoms with Crippen LogP contribution in [0.2, 0.25) is 15.1 Å². The molecule has 92 valence electrons. The Morgan fingerprint density at radius 3 is 2.17 bits per heavy atom. The maximum Gasteiger partial charge on any atom is 0.198 e. The predicted molar refractivity (Wildman–Crippen MR) is 71.3 cm³/mol. The smallest absolute Gasteiger partial charge is 0.198 e. The number of ketones is 1. The van der Waals surface area contributed by atoms with E-state index in [9.17, 15) is 9.18 Å². The Morgan fingerprint density at radius 2 is 1.61 bits per heavy atom. The second-order valence-electron chi connectivity index (χ2n) is 3.55. The SMILES string of the molecule is O=C(c1ccc(Cl)cc1F)c1c(Cl)cccc1Cl. The molecular formula is C13H6Cl3FO. The van der Waals surface area contributed by atoms with Crippen LogP contribution in [0.3, 0.4) is 0 Å². The number of carbonyl (C=O) groups is 1. The molecule has 2 rings (SSSR count). The molecule has 18 heavy (non-hydrogen) atoms. The van der Waals surface area contributed by atoms with Crippen molar-refractivity contribution >= 4 is 40.6 Å². The fourth-order valence-corrected chi connectivity index (χ4v) is 2.25. The lowest BCUT2D eigenvalue weighted by Gasteiger charge is -2.07. The molecule has 2 aromatic carbocycles. The van der Waals surface area contributed by atoms with Crippen LogP contribution in [-0.4, -0.2) is 5.78 Å². The molecule has 0 spiro atoms. The Balaban J connectivity index is 2.55. The standard InChI is InChI=1S/C13H6Cl3FO/c14-7-4-5-8(11(17)6-7)13(18)12-9(15)2-1-3-10(12)16/h1-6H. The molecule has 0 aliphatic rings. The summed E-state index contributed by atoms with van der Waals surface area (Å²) in [6.07, 6.45) is 0. The van der Waals surface area contributed by atoms with Crippen molar-refractivity contribution < 1.29 is 9.18 Å². The van der Waals surface area contributed by atoms with E-state index in [4.69, 9.17) is 34.8 Å². The van der Waals surface area contributed by atoms with Gasteiger partial charge in [0.1, 0.15) is 5.82 Å². The second kappa shape index (κ2) is 5.27. The fourth-order valence-electron chi connectivity index (χ4n) is 1.52. The minimum atomic E-state index is -0.705. The van der Waals surface area contributed by atoms with E-state index in [1.807, 2.05) is 0 Å². The van der Waals surface area contributed by atoms with Gasteiger partial charge >= 0.3 is 0 Å². The molecule has 0 bridgehead atoms. The molecule has 1 nitrogen and oxygen atoms in total. The Bertz CT molecular complexity index is 605. The van der Waals surface area contributed by atoms with Gasteiger partial charge in [-0.2, -0.15) is 0 Å². The van der Waals surface area contributed by atoms with Crippen molar-refractivity contribution in [3.05, 3.63) is 68.4 Å². The lowest BCUT2D eigenvalue weighted by atomic mass is 10.0. The Kier molecular flexibility index (Phi) is 3.91. The average Bonchev–Trinajstić information content (AvgIpc) is 2.28. The highest BCUT2D eigenvalue weighted by atomic mass is 35.5. The van der Waals surface area contributed by atoms with Crippen molar-refractivity contribution in [3.63, 3.8) is 0 Å². The molecule has 0 amide bonds. The van der Waals surface area contributed by atoms with Crippen molar-refractivity contribution in [3.8, 4) is 0 Å². The third kappa shape index (κ3) is 2.51. The van der Waals surface area contributed by atoms with E-state index < -0.39 is 11.6 Å². The fraction of sp³-hybridized carbons (Fsp3) is 0. The number of hydrogen-bond donors (Lipinski definition) is 0. The van der Waals surface area contributed by atoms with Gasteiger partial charge in [0.05, 0.1) is 21.2 Å². The van der Waals surface area contributed by atoms with Crippen molar-refractivity contribution in [1.82, 2.24) is 0 Å². The summed E-state index contributed by atoms with van der Waals surface area (Å²) in [5.41, 5.74) is -0.0311. The van der Waals surface area contributed by atoms with Crippen molar-refractivity contribution in [2.75, 3.05) is 0 Å². The molecule has 0 aliphatic carbocycles. The Morgan fingerprint density at radius 1 is 1.00 bits per heavy atom. The van der Waals surface area contributed by atoms with Gasteiger partial charge in [-0.25, -0.2) is 4.39 Å². The van der Waals surface area contributed by atoms with E-state index in [1.54, 1.807) is 6.07 Å². The first-order valence-electron chi connectivity index (χ1n) is 4.94. The minimum absolute atomic E-state index is 0.0852. The first-order valence-corrected chi connectivity index (χ1v) is 6.08. The second-order valence-corrected chi connectivity index (χ2v) is 4.80. The predicted octanol–water partition coefficient (Wildman–Crippen LogP) is 5.02. The number of carbonyl (C=O) groups excluding carboxylic acids is 1. The zero-order chi connectivity index (χ0) is 13.3. The molecule has 0 aromatic heterocycles. The molecule has 0 saturated carbocycles. The highest BCUT2D eigenvalue weighted by Crippen LogP contribution is 2.28. The highest BCUT2D eigenvalue weighted by Gasteiger charge is 2.19. The zero-order valence-electron chi connectivity index (χ0n) is 8.88. The lowest BCUT2D eigenvalue weighted by Crippen LogP contribution is -2.05. The van der Waals surface area contributed by atoms with Crippen molar-refractivity contribution in [2.24, 2.45) is 0 Å². The average molecular weight is 304 g/mol. The number of rotatable bonds is 2. The Hall–Kier alpha value is -1.09. The molecule has 5 heteroatoms. The summed E-state index contributed by atoms with van der Waals surface area (Å²) in [7, 11) is 0. The summed E-state index contributed by atoms with van der Waals surface area (Å²) in [5.74, 6) is -1.27. The van der Waals surface area contributed by atoms with Crippen molar-refractivity contribution in [1.29, 1.82) is 0 Å². The van der Waals surface area contributed by atoms with Crippen LogP contribution in [0.1, 0.15) is 15.9 Å². The van der Waals surface area contributed by atoms with E-state index >= 15 is 0 Å². The summed E-state index contributed by atoms with van der Waals surface area (Å²) in [6.45, 7) is 0. The topological polar surface area (TPSA) is 17.1 Å². The van der Waals surface area contributed by atoms with Gasteiger partial charge in [0.2, 0.25) is 0 Å². The molecule has 0 unspecified atom stereocenters. The molecule has 0 aliphatic heterocycles. The van der Waals surface area contributed by atoms with E-state index in [0.29, 0.717) is 0 Å². The number of benzene rings is 2. The minimum Gasteiger partial charge on any atom is -0.288 e. The van der Waals surface area contributed by atoms with Gasteiger partial charge in [0, 0.05) is 5.02 Å². The third-order valence-electron chi connectivity index (χ3n) is 2.37. The molecule has 0 radical (unpaired) electrons. The number of halogens is 4. The maximum atomic E-state index is 13.7. The molecule has 0 N–H and O–H groups in total. The lowest BCUT2D eigenvalue weighted by molar-refractivity contribution is 0.103. The normalized spacial score (nSPS) is 10.4. The molecule has 0 saturated heterocycles. The summed E-state index contributed by atoms with van der Waals surface area (Å²) in [6, 6.07) is 8.46. The van der Waals surface area contributed by atoms with Gasteiger partial charge in [-0.05, 0) is 30.3 Å². The number of hydrogen-bond acceptors (Lipinski definition) is 1. The third-order valence-corrected chi connectivity index (χ3v) is 3.23. The van der Waals surface area contributed by atoms with Crippen molar-refractivity contribution in [2.45, 2.75) is 0 Å².